The third-order valence-corrected chi connectivity index (χ3v) is 8.66. The molecule has 2 aromatic rings. The van der Waals surface area contributed by atoms with Crippen LogP contribution in [0.3, 0.4) is 0 Å². The molecule has 0 atom stereocenters. The summed E-state index contributed by atoms with van der Waals surface area (Å²) in [5.74, 6) is 0.166. The highest BCUT2D eigenvalue weighted by molar-refractivity contribution is 7.89. The number of carbonyl (C=O) groups excluding carboxylic acids is 1. The number of halogens is 2. The number of aryl methyl sites for hydroxylation is 2. The summed E-state index contributed by atoms with van der Waals surface area (Å²) in [4.78, 5) is 12.9. The standard InChI is InChI=1S/C26H34ClFN2O4S/c1-18-6-7-19(2)24(16-18)34-15-5-12-26(3,4)25(31)29-20-10-13-30(14-11-20)35(32,33)21-8-9-23(28)22(27)17-21/h6-9,16-17,20H,5,10-15H2,1-4H3,(H,29,31). The average molecular weight is 525 g/mol. The normalized spacial score (nSPS) is 15.7. The van der Waals surface area contributed by atoms with Gasteiger partial charge in [0, 0.05) is 24.5 Å². The van der Waals surface area contributed by atoms with E-state index in [2.05, 4.69) is 5.32 Å². The van der Waals surface area contributed by atoms with Crippen molar-refractivity contribution >= 4 is 27.5 Å². The summed E-state index contributed by atoms with van der Waals surface area (Å²) in [5, 5.41) is 2.86. The number of benzene rings is 2. The van der Waals surface area contributed by atoms with E-state index in [1.54, 1.807) is 0 Å². The Labute approximate surface area is 212 Å². The molecule has 35 heavy (non-hydrogen) atoms. The van der Waals surface area contributed by atoms with E-state index in [4.69, 9.17) is 16.3 Å². The van der Waals surface area contributed by atoms with Crippen molar-refractivity contribution < 1.29 is 22.3 Å². The third-order valence-electron chi connectivity index (χ3n) is 6.48. The van der Waals surface area contributed by atoms with Crippen molar-refractivity contribution in [2.75, 3.05) is 19.7 Å². The van der Waals surface area contributed by atoms with Crippen LogP contribution >= 0.6 is 11.6 Å². The average Bonchev–Trinajstić information content (AvgIpc) is 2.81. The highest BCUT2D eigenvalue weighted by Crippen LogP contribution is 2.27. The lowest BCUT2D eigenvalue weighted by Gasteiger charge is -2.34. The van der Waals surface area contributed by atoms with E-state index in [0.29, 0.717) is 25.9 Å². The predicted molar refractivity (Wildman–Crippen MR) is 136 cm³/mol. The number of hydrogen-bond donors (Lipinski definition) is 1. The first kappa shape index (κ1) is 27.4. The van der Waals surface area contributed by atoms with E-state index in [1.165, 1.54) is 10.4 Å². The zero-order valence-corrected chi connectivity index (χ0v) is 22.3. The van der Waals surface area contributed by atoms with Crippen LogP contribution in [0.4, 0.5) is 4.39 Å². The highest BCUT2D eigenvalue weighted by Gasteiger charge is 2.33. The van der Waals surface area contributed by atoms with Crippen molar-refractivity contribution in [1.29, 1.82) is 0 Å². The van der Waals surface area contributed by atoms with Crippen LogP contribution in [0.1, 0.15) is 50.7 Å². The molecule has 0 aliphatic carbocycles. The van der Waals surface area contributed by atoms with Crippen LogP contribution in [-0.4, -0.2) is 44.4 Å². The van der Waals surface area contributed by atoms with Crippen LogP contribution in [0, 0.1) is 25.1 Å². The van der Waals surface area contributed by atoms with Crippen molar-refractivity contribution in [2.24, 2.45) is 5.41 Å². The van der Waals surface area contributed by atoms with Crippen LogP contribution in [0.2, 0.25) is 5.02 Å². The van der Waals surface area contributed by atoms with Gasteiger partial charge < -0.3 is 10.1 Å². The van der Waals surface area contributed by atoms with Crippen molar-refractivity contribution in [3.05, 3.63) is 58.4 Å². The quantitative estimate of drug-likeness (QED) is 0.454. The molecule has 0 unspecified atom stereocenters. The van der Waals surface area contributed by atoms with Crippen LogP contribution in [0.15, 0.2) is 41.3 Å². The van der Waals surface area contributed by atoms with Gasteiger partial charge in [0.05, 0.1) is 16.5 Å². The molecule has 0 saturated carbocycles. The number of nitrogens with zero attached hydrogens (tertiary/aromatic N) is 1. The number of rotatable bonds is 9. The molecule has 1 aliphatic heterocycles. The van der Waals surface area contributed by atoms with Crippen LogP contribution < -0.4 is 10.1 Å². The van der Waals surface area contributed by atoms with E-state index in [9.17, 15) is 17.6 Å². The fourth-order valence-electron chi connectivity index (χ4n) is 4.08. The number of piperidine rings is 1. The van der Waals surface area contributed by atoms with Crippen molar-refractivity contribution in [3.8, 4) is 5.75 Å². The third kappa shape index (κ3) is 6.96. The van der Waals surface area contributed by atoms with Gasteiger partial charge in [-0.1, -0.05) is 37.6 Å². The number of carbonyl (C=O) groups is 1. The summed E-state index contributed by atoms with van der Waals surface area (Å²) < 4.78 is 46.4. The number of amides is 1. The Balaban J connectivity index is 1.47. The molecule has 1 amide bonds. The van der Waals surface area contributed by atoms with Gasteiger partial charge in [0.15, 0.2) is 0 Å². The molecule has 1 fully saturated rings. The molecule has 1 aliphatic rings. The van der Waals surface area contributed by atoms with Crippen LogP contribution in [-0.2, 0) is 14.8 Å². The topological polar surface area (TPSA) is 75.7 Å². The molecule has 0 radical (unpaired) electrons. The minimum atomic E-state index is -3.77. The Bertz CT molecular complexity index is 1160. The lowest BCUT2D eigenvalue weighted by Crippen LogP contribution is -2.49. The van der Waals surface area contributed by atoms with Gasteiger partial charge in [-0.05, 0) is 74.9 Å². The van der Waals surface area contributed by atoms with Crippen molar-refractivity contribution in [2.45, 2.75) is 64.3 Å². The largest absolute Gasteiger partial charge is 0.493 e. The van der Waals surface area contributed by atoms with Gasteiger partial charge in [0.1, 0.15) is 11.6 Å². The first-order chi connectivity index (χ1) is 16.4. The number of nitrogens with one attached hydrogen (secondary N) is 1. The summed E-state index contributed by atoms with van der Waals surface area (Å²) in [6.45, 7) is 8.94. The highest BCUT2D eigenvalue weighted by atomic mass is 35.5. The summed E-state index contributed by atoms with van der Waals surface area (Å²) >= 11 is 5.76. The maximum atomic E-state index is 13.4. The minimum Gasteiger partial charge on any atom is -0.493 e. The van der Waals surface area contributed by atoms with E-state index in [-0.39, 0.29) is 35.0 Å². The van der Waals surface area contributed by atoms with Gasteiger partial charge in [0.2, 0.25) is 15.9 Å². The molecule has 3 rings (SSSR count). The number of ether oxygens (including phenoxy) is 1. The minimum absolute atomic E-state index is 0.0319. The Kier molecular flexibility index (Phi) is 8.83. The smallest absolute Gasteiger partial charge is 0.243 e. The van der Waals surface area contributed by atoms with Gasteiger partial charge in [0.25, 0.3) is 0 Å². The summed E-state index contributed by atoms with van der Waals surface area (Å²) in [6.07, 6.45) is 2.42. The lowest BCUT2D eigenvalue weighted by molar-refractivity contribution is -0.130. The molecule has 9 heteroatoms. The zero-order chi connectivity index (χ0) is 25.8. The van der Waals surface area contributed by atoms with Crippen molar-refractivity contribution in [3.63, 3.8) is 0 Å². The maximum Gasteiger partial charge on any atom is 0.243 e. The second kappa shape index (κ2) is 11.3. The SMILES string of the molecule is Cc1ccc(C)c(OCCCC(C)(C)C(=O)NC2CCN(S(=O)(=O)c3ccc(F)c(Cl)c3)CC2)c1. The molecule has 192 valence electrons. The molecule has 1 saturated heterocycles. The van der Waals surface area contributed by atoms with Gasteiger partial charge in [-0.2, -0.15) is 4.31 Å². The van der Waals surface area contributed by atoms with Gasteiger partial charge >= 0.3 is 0 Å². The fourth-order valence-corrected chi connectivity index (χ4v) is 5.82. The van der Waals surface area contributed by atoms with Gasteiger partial charge in [-0.3, -0.25) is 4.79 Å². The number of hydrogen-bond acceptors (Lipinski definition) is 4. The molecule has 0 aromatic heterocycles. The molecule has 1 N–H and O–H groups in total. The van der Waals surface area contributed by atoms with Gasteiger partial charge in [-0.25, -0.2) is 12.8 Å². The van der Waals surface area contributed by atoms with Gasteiger partial charge in [-0.15, -0.1) is 0 Å². The maximum absolute atomic E-state index is 13.4. The lowest BCUT2D eigenvalue weighted by atomic mass is 9.86. The second-order valence-electron chi connectivity index (χ2n) is 9.83. The summed E-state index contributed by atoms with van der Waals surface area (Å²) in [7, 11) is -3.77. The van der Waals surface area contributed by atoms with E-state index in [1.807, 2.05) is 45.9 Å². The number of sulfonamides is 1. The Morgan fingerprint density at radius 2 is 1.86 bits per heavy atom. The van der Waals surface area contributed by atoms with Crippen molar-refractivity contribution in [1.82, 2.24) is 9.62 Å². The first-order valence-electron chi connectivity index (χ1n) is 11.9. The van der Waals surface area contributed by atoms with E-state index in [0.717, 1.165) is 35.4 Å². The summed E-state index contributed by atoms with van der Waals surface area (Å²) in [6, 6.07) is 9.41. The Morgan fingerprint density at radius 3 is 2.51 bits per heavy atom. The predicted octanol–water partition coefficient (Wildman–Crippen LogP) is 5.25. The molecule has 2 aromatic carbocycles. The molecular weight excluding hydrogens is 491 g/mol. The van der Waals surface area contributed by atoms with Crippen LogP contribution in [0.5, 0.6) is 5.75 Å². The molecular formula is C26H34ClFN2O4S. The van der Waals surface area contributed by atoms with E-state index < -0.39 is 21.3 Å². The summed E-state index contributed by atoms with van der Waals surface area (Å²) in [5.41, 5.74) is 1.66. The molecule has 6 nitrogen and oxygen atoms in total. The zero-order valence-electron chi connectivity index (χ0n) is 20.7. The Morgan fingerprint density at radius 1 is 1.17 bits per heavy atom. The molecule has 1 heterocycles. The van der Waals surface area contributed by atoms with Crippen LogP contribution in [0.25, 0.3) is 0 Å². The molecule has 0 bridgehead atoms. The molecule has 0 spiro atoms. The second-order valence-corrected chi connectivity index (χ2v) is 12.2. The fraction of sp³-hybridized carbons (Fsp3) is 0.500. The first-order valence-corrected chi connectivity index (χ1v) is 13.7. The van der Waals surface area contributed by atoms with E-state index >= 15 is 0 Å². The Hall–Kier alpha value is -2.16. The monoisotopic (exact) mass is 524 g/mol.